The van der Waals surface area contributed by atoms with Gasteiger partial charge in [-0.2, -0.15) is 0 Å². The molecule has 24 heavy (non-hydrogen) atoms. The number of carbonyl (C=O) groups is 1. The molecule has 2 fully saturated rings. The fourth-order valence-electron chi connectivity index (χ4n) is 6.12. The first-order chi connectivity index (χ1) is 11.5. The van der Waals surface area contributed by atoms with Gasteiger partial charge in [-0.05, 0) is 73.8 Å². The lowest BCUT2D eigenvalue weighted by Gasteiger charge is -2.52. The Morgan fingerprint density at radius 1 is 1.33 bits per heavy atom. The molecule has 0 spiro atoms. The summed E-state index contributed by atoms with van der Waals surface area (Å²) in [4.78, 5) is 13.3. The monoisotopic (exact) mass is 324 g/mol. The van der Waals surface area contributed by atoms with Crippen LogP contribution in [0.5, 0.6) is 0 Å². The number of benzene rings is 1. The highest BCUT2D eigenvalue weighted by Crippen LogP contribution is 2.62. The predicted octanol–water partition coefficient (Wildman–Crippen LogP) is 4.65. The fourth-order valence-corrected chi connectivity index (χ4v) is 6.12. The van der Waals surface area contributed by atoms with Crippen LogP contribution in [-0.4, -0.2) is 17.0 Å². The van der Waals surface area contributed by atoms with Crippen molar-refractivity contribution in [3.05, 3.63) is 47.5 Å². The van der Waals surface area contributed by atoms with E-state index in [-0.39, 0.29) is 17.4 Å². The molecule has 3 aliphatic rings. The number of aryl methyl sites for hydroxylation is 1. The summed E-state index contributed by atoms with van der Waals surface area (Å²) in [7, 11) is 0. The Morgan fingerprint density at radius 2 is 2.12 bits per heavy atom. The van der Waals surface area contributed by atoms with Gasteiger partial charge in [0, 0.05) is 11.5 Å². The van der Waals surface area contributed by atoms with Gasteiger partial charge >= 0.3 is 0 Å². The number of aliphatic hydroxyl groups excluding tert-OH is 1. The molecule has 4 unspecified atom stereocenters. The number of rotatable bonds is 2. The molecule has 3 aliphatic carbocycles. The molecule has 1 aromatic carbocycles. The van der Waals surface area contributed by atoms with Gasteiger partial charge < -0.3 is 5.11 Å². The lowest BCUT2D eigenvalue weighted by Crippen LogP contribution is -2.48. The highest BCUT2D eigenvalue weighted by molar-refractivity contribution is 6.01. The molecule has 6 atom stereocenters. The van der Waals surface area contributed by atoms with Crippen molar-refractivity contribution >= 4 is 5.78 Å². The van der Waals surface area contributed by atoms with Crippen LogP contribution in [-0.2, 0) is 0 Å². The highest BCUT2D eigenvalue weighted by atomic mass is 16.3. The number of hydrogen-bond donors (Lipinski definition) is 1. The molecule has 0 amide bonds. The van der Waals surface area contributed by atoms with Gasteiger partial charge in [-0.3, -0.25) is 4.79 Å². The minimum Gasteiger partial charge on any atom is -0.393 e. The highest BCUT2D eigenvalue weighted by Gasteiger charge is 2.57. The van der Waals surface area contributed by atoms with Gasteiger partial charge in [-0.15, -0.1) is 6.58 Å². The van der Waals surface area contributed by atoms with Crippen LogP contribution in [0.2, 0.25) is 0 Å². The molecule has 0 aromatic heterocycles. The third-order valence-electron chi connectivity index (χ3n) is 7.38. The second kappa shape index (κ2) is 5.56. The second-order valence-corrected chi connectivity index (χ2v) is 8.51. The first kappa shape index (κ1) is 16.1. The minimum atomic E-state index is -0.206. The summed E-state index contributed by atoms with van der Waals surface area (Å²) < 4.78 is 0. The molecule has 0 bridgehead atoms. The van der Waals surface area contributed by atoms with Crippen molar-refractivity contribution in [3.8, 4) is 0 Å². The lowest BCUT2D eigenvalue weighted by atomic mass is 9.52. The molecule has 1 N–H and O–H groups in total. The Hall–Kier alpha value is -1.41. The van der Waals surface area contributed by atoms with Crippen molar-refractivity contribution in [2.45, 2.75) is 58.0 Å². The van der Waals surface area contributed by atoms with E-state index in [4.69, 9.17) is 0 Å². The summed E-state index contributed by atoms with van der Waals surface area (Å²) in [6.07, 6.45) is 6.57. The zero-order valence-electron chi connectivity index (χ0n) is 14.8. The van der Waals surface area contributed by atoms with Crippen molar-refractivity contribution < 1.29 is 9.90 Å². The molecular weight excluding hydrogens is 296 g/mol. The molecule has 0 aliphatic heterocycles. The zero-order valence-corrected chi connectivity index (χ0v) is 14.8. The average Bonchev–Trinajstić information content (AvgIpc) is 2.86. The van der Waals surface area contributed by atoms with E-state index in [0.717, 1.165) is 43.2 Å². The number of carbonyl (C=O) groups excluding carboxylic acids is 1. The van der Waals surface area contributed by atoms with Gasteiger partial charge in [0.15, 0.2) is 5.78 Å². The number of hydrogen-bond acceptors (Lipinski definition) is 2. The molecule has 2 saturated carbocycles. The van der Waals surface area contributed by atoms with Crippen molar-refractivity contribution in [2.75, 3.05) is 0 Å². The lowest BCUT2D eigenvalue weighted by molar-refractivity contribution is -0.0335. The maximum Gasteiger partial charge on any atom is 0.166 e. The second-order valence-electron chi connectivity index (χ2n) is 8.51. The molecule has 2 heteroatoms. The van der Waals surface area contributed by atoms with E-state index in [1.807, 2.05) is 6.08 Å². The first-order valence-electron chi connectivity index (χ1n) is 9.41. The Bertz CT molecular complexity index is 691. The Kier molecular flexibility index (Phi) is 3.72. The number of Topliss-reactive ketones (excluding diaryl/α,β-unsaturated/α-hetero) is 1. The Labute approximate surface area is 145 Å². The van der Waals surface area contributed by atoms with Crippen LogP contribution in [0.4, 0.5) is 0 Å². The third-order valence-corrected chi connectivity index (χ3v) is 7.38. The number of ketones is 1. The number of fused-ring (bicyclic) bond motifs is 5. The summed E-state index contributed by atoms with van der Waals surface area (Å²) in [5.41, 5.74) is 3.36. The van der Waals surface area contributed by atoms with Crippen molar-refractivity contribution in [2.24, 2.45) is 23.2 Å². The smallest absolute Gasteiger partial charge is 0.166 e. The molecule has 2 nitrogen and oxygen atoms in total. The van der Waals surface area contributed by atoms with E-state index < -0.39 is 0 Å². The van der Waals surface area contributed by atoms with E-state index in [9.17, 15) is 9.90 Å². The minimum absolute atomic E-state index is 0.0108. The average molecular weight is 324 g/mol. The molecule has 0 heterocycles. The summed E-state index contributed by atoms with van der Waals surface area (Å²) in [6.45, 7) is 8.24. The predicted molar refractivity (Wildman–Crippen MR) is 96.1 cm³/mol. The first-order valence-corrected chi connectivity index (χ1v) is 9.41. The number of allylic oxidation sites excluding steroid dienone is 1. The van der Waals surface area contributed by atoms with Crippen LogP contribution >= 0.6 is 0 Å². The largest absolute Gasteiger partial charge is 0.393 e. The molecule has 1 aromatic rings. The van der Waals surface area contributed by atoms with Gasteiger partial charge in [0.2, 0.25) is 0 Å². The summed E-state index contributed by atoms with van der Waals surface area (Å²) >= 11 is 0. The summed E-state index contributed by atoms with van der Waals surface area (Å²) in [5.74, 6) is 1.63. The molecule has 128 valence electrons. The van der Waals surface area contributed by atoms with E-state index in [2.05, 4.69) is 38.6 Å². The zero-order chi connectivity index (χ0) is 17.1. The fraction of sp³-hybridized carbons (Fsp3) is 0.591. The van der Waals surface area contributed by atoms with Crippen molar-refractivity contribution in [3.63, 3.8) is 0 Å². The summed E-state index contributed by atoms with van der Waals surface area (Å²) in [5, 5.41) is 10.6. The number of aliphatic hydroxyl groups is 1. The molecule has 4 rings (SSSR count). The topological polar surface area (TPSA) is 37.3 Å². The van der Waals surface area contributed by atoms with Crippen molar-refractivity contribution in [1.82, 2.24) is 0 Å². The van der Waals surface area contributed by atoms with Gasteiger partial charge in [-0.25, -0.2) is 0 Å². The van der Waals surface area contributed by atoms with Crippen LogP contribution in [0.25, 0.3) is 0 Å². The summed E-state index contributed by atoms with van der Waals surface area (Å²) in [6, 6.07) is 6.42. The van der Waals surface area contributed by atoms with Crippen LogP contribution in [0.3, 0.4) is 0 Å². The van der Waals surface area contributed by atoms with Gasteiger partial charge in [-0.1, -0.05) is 30.7 Å². The maximum atomic E-state index is 13.3. The Morgan fingerprint density at radius 3 is 2.88 bits per heavy atom. The van der Waals surface area contributed by atoms with Gasteiger partial charge in [0.1, 0.15) is 0 Å². The quantitative estimate of drug-likeness (QED) is 0.804. The third kappa shape index (κ3) is 2.08. The normalized spacial score (nSPS) is 40.6. The molecule has 0 radical (unpaired) electrons. The molecular formula is C22H28O2. The van der Waals surface area contributed by atoms with Crippen LogP contribution in [0.1, 0.15) is 66.4 Å². The SMILES string of the molecule is C=CCC1C(=O)c2cc(C)ccc2C2CC[C@@]3(C)C(CC[C@@H]3O)C12. The van der Waals surface area contributed by atoms with Crippen LogP contribution in [0, 0.1) is 30.1 Å². The van der Waals surface area contributed by atoms with E-state index >= 15 is 0 Å². The van der Waals surface area contributed by atoms with E-state index in [0.29, 0.717) is 23.5 Å². The maximum absolute atomic E-state index is 13.3. The van der Waals surface area contributed by atoms with E-state index in [1.165, 1.54) is 5.56 Å². The van der Waals surface area contributed by atoms with Gasteiger partial charge in [0.05, 0.1) is 6.10 Å². The van der Waals surface area contributed by atoms with Gasteiger partial charge in [0.25, 0.3) is 0 Å². The van der Waals surface area contributed by atoms with Crippen LogP contribution in [0.15, 0.2) is 30.9 Å². The Balaban J connectivity index is 1.84. The standard InChI is InChI=1S/C22H28O2/c1-4-5-16-20-15(10-11-22(3)18(20)8-9-19(22)23)14-7-6-13(2)12-17(14)21(16)24/h4,6-7,12,15-16,18-20,23H,1,5,8-11H2,2-3H3/t15?,16?,18?,19-,20?,22-/m0/s1. The van der Waals surface area contributed by atoms with Crippen molar-refractivity contribution in [1.29, 1.82) is 0 Å². The molecule has 0 saturated heterocycles. The van der Waals surface area contributed by atoms with Crippen LogP contribution < -0.4 is 0 Å². The van der Waals surface area contributed by atoms with E-state index in [1.54, 1.807) is 0 Å².